The highest BCUT2D eigenvalue weighted by atomic mass is 35.5. The van der Waals surface area contributed by atoms with Crippen LogP contribution in [0.1, 0.15) is 11.1 Å². The second-order valence-electron chi connectivity index (χ2n) is 5.34. The number of benzene rings is 3. The van der Waals surface area contributed by atoms with Gasteiger partial charge in [-0.1, -0.05) is 66.2 Å². The molecular weight excluding hydrogens is 340 g/mol. The summed E-state index contributed by atoms with van der Waals surface area (Å²) in [6.45, 7) is 0. The predicted octanol–water partition coefficient (Wildman–Crippen LogP) is 5.58. The summed E-state index contributed by atoms with van der Waals surface area (Å²) in [6, 6.07) is 24.8. The van der Waals surface area contributed by atoms with E-state index in [4.69, 9.17) is 16.3 Å². The highest BCUT2D eigenvalue weighted by Crippen LogP contribution is 2.27. The number of rotatable bonds is 6. The quantitative estimate of drug-likeness (QED) is 0.576. The van der Waals surface area contributed by atoms with Crippen molar-refractivity contribution in [3.8, 4) is 11.5 Å². The van der Waals surface area contributed by atoms with Crippen molar-refractivity contribution < 1.29 is 8.95 Å². The van der Waals surface area contributed by atoms with Crippen LogP contribution in [0.2, 0.25) is 5.02 Å². The summed E-state index contributed by atoms with van der Waals surface area (Å²) in [4.78, 5) is 0. The molecule has 0 N–H and O–H groups in total. The number of ether oxygens (including phenoxy) is 1. The third-order valence-corrected chi connectivity index (χ3v) is 5.17. The molecule has 0 aromatic heterocycles. The number of hydrogen-bond acceptors (Lipinski definition) is 2. The van der Waals surface area contributed by atoms with Gasteiger partial charge in [-0.3, -0.25) is 4.21 Å². The van der Waals surface area contributed by atoms with Gasteiger partial charge in [0.15, 0.2) is 0 Å². The van der Waals surface area contributed by atoms with Crippen LogP contribution in [0, 0.1) is 0 Å². The van der Waals surface area contributed by atoms with Crippen LogP contribution in [-0.2, 0) is 22.3 Å². The van der Waals surface area contributed by atoms with Crippen molar-refractivity contribution in [2.24, 2.45) is 0 Å². The van der Waals surface area contributed by atoms with Crippen LogP contribution in [-0.4, -0.2) is 4.21 Å². The highest BCUT2D eigenvalue weighted by Gasteiger charge is 2.10. The average molecular weight is 357 g/mol. The lowest BCUT2D eigenvalue weighted by Crippen LogP contribution is -2.01. The lowest BCUT2D eigenvalue weighted by atomic mass is 10.2. The molecule has 0 aliphatic heterocycles. The molecule has 0 bridgehead atoms. The number of halogens is 1. The van der Waals surface area contributed by atoms with Crippen LogP contribution in [0.5, 0.6) is 11.5 Å². The van der Waals surface area contributed by atoms with Crippen LogP contribution >= 0.6 is 11.6 Å². The van der Waals surface area contributed by atoms with Gasteiger partial charge < -0.3 is 4.74 Å². The number of para-hydroxylation sites is 2. The maximum absolute atomic E-state index is 12.5. The Hall–Kier alpha value is -2.10. The summed E-state index contributed by atoms with van der Waals surface area (Å²) in [6.07, 6.45) is 0. The fourth-order valence-corrected chi connectivity index (χ4v) is 3.92. The summed E-state index contributed by atoms with van der Waals surface area (Å²) in [7, 11) is -1.06. The van der Waals surface area contributed by atoms with E-state index >= 15 is 0 Å². The van der Waals surface area contributed by atoms with Crippen molar-refractivity contribution in [2.75, 3.05) is 0 Å². The molecule has 122 valence electrons. The summed E-state index contributed by atoms with van der Waals surface area (Å²) < 4.78 is 18.5. The summed E-state index contributed by atoms with van der Waals surface area (Å²) in [5.74, 6) is 2.35. The summed E-state index contributed by atoms with van der Waals surface area (Å²) >= 11 is 6.15. The lowest BCUT2D eigenvalue weighted by Gasteiger charge is -2.11. The largest absolute Gasteiger partial charge is 0.457 e. The molecule has 0 fully saturated rings. The first-order chi connectivity index (χ1) is 11.7. The van der Waals surface area contributed by atoms with Gasteiger partial charge in [-0.2, -0.15) is 0 Å². The molecule has 1 unspecified atom stereocenters. The van der Waals surface area contributed by atoms with E-state index in [-0.39, 0.29) is 0 Å². The van der Waals surface area contributed by atoms with Gasteiger partial charge in [0.05, 0.1) is 11.5 Å². The monoisotopic (exact) mass is 356 g/mol. The Labute approximate surface area is 149 Å². The molecule has 0 aliphatic rings. The van der Waals surface area contributed by atoms with E-state index in [2.05, 4.69) is 0 Å². The van der Waals surface area contributed by atoms with Crippen molar-refractivity contribution in [3.05, 3.63) is 95.0 Å². The second kappa shape index (κ2) is 8.13. The van der Waals surface area contributed by atoms with Crippen molar-refractivity contribution in [2.45, 2.75) is 11.5 Å². The van der Waals surface area contributed by atoms with Gasteiger partial charge in [0, 0.05) is 21.4 Å². The van der Waals surface area contributed by atoms with E-state index in [0.717, 1.165) is 22.6 Å². The van der Waals surface area contributed by atoms with Crippen LogP contribution in [0.4, 0.5) is 0 Å². The minimum atomic E-state index is -1.06. The van der Waals surface area contributed by atoms with Gasteiger partial charge >= 0.3 is 0 Å². The maximum atomic E-state index is 12.5. The fraction of sp³-hybridized carbons (Fsp3) is 0.100. The van der Waals surface area contributed by atoms with Crippen LogP contribution in [0.15, 0.2) is 78.9 Å². The lowest BCUT2D eigenvalue weighted by molar-refractivity contribution is 0.478. The smallest absolute Gasteiger partial charge is 0.131 e. The molecule has 3 rings (SSSR count). The minimum absolute atomic E-state index is 0.425. The van der Waals surface area contributed by atoms with Crippen molar-refractivity contribution in [1.29, 1.82) is 0 Å². The molecule has 3 aromatic carbocycles. The zero-order chi connectivity index (χ0) is 16.8. The van der Waals surface area contributed by atoms with Crippen molar-refractivity contribution >= 4 is 22.4 Å². The molecule has 0 saturated carbocycles. The van der Waals surface area contributed by atoms with Crippen LogP contribution in [0.25, 0.3) is 0 Å². The minimum Gasteiger partial charge on any atom is -0.457 e. The first kappa shape index (κ1) is 16.7. The van der Waals surface area contributed by atoms with E-state index in [1.807, 2.05) is 78.9 Å². The Kier molecular flexibility index (Phi) is 5.68. The first-order valence-electron chi connectivity index (χ1n) is 7.61. The SMILES string of the molecule is O=S(Cc1ccccc1Cl)Cc1ccccc1Oc1ccccc1. The maximum Gasteiger partial charge on any atom is 0.131 e. The van der Waals surface area contributed by atoms with Gasteiger partial charge in [0.25, 0.3) is 0 Å². The molecule has 4 heteroatoms. The molecule has 2 nitrogen and oxygen atoms in total. The summed E-state index contributed by atoms with van der Waals surface area (Å²) in [5, 5.41) is 0.652. The van der Waals surface area contributed by atoms with E-state index in [0.29, 0.717) is 16.5 Å². The molecule has 24 heavy (non-hydrogen) atoms. The van der Waals surface area contributed by atoms with E-state index < -0.39 is 10.8 Å². The average Bonchev–Trinajstić information content (AvgIpc) is 2.60. The molecule has 1 atom stereocenters. The van der Waals surface area contributed by atoms with Crippen molar-refractivity contribution in [1.82, 2.24) is 0 Å². The van der Waals surface area contributed by atoms with Gasteiger partial charge in [-0.05, 0) is 29.8 Å². The van der Waals surface area contributed by atoms with Gasteiger partial charge in [0.1, 0.15) is 11.5 Å². The van der Waals surface area contributed by atoms with Gasteiger partial charge in [-0.15, -0.1) is 0 Å². The molecule has 0 aliphatic carbocycles. The zero-order valence-corrected chi connectivity index (χ0v) is 14.6. The normalized spacial score (nSPS) is 11.9. The van der Waals surface area contributed by atoms with E-state index in [1.165, 1.54) is 0 Å². The van der Waals surface area contributed by atoms with Crippen LogP contribution < -0.4 is 4.74 Å². The Balaban J connectivity index is 1.73. The fourth-order valence-electron chi connectivity index (χ4n) is 2.35. The molecule has 0 radical (unpaired) electrons. The Morgan fingerprint density at radius 2 is 1.33 bits per heavy atom. The second-order valence-corrected chi connectivity index (χ2v) is 7.21. The third-order valence-electron chi connectivity index (χ3n) is 3.53. The third kappa shape index (κ3) is 4.47. The molecule has 0 saturated heterocycles. The standard InChI is InChI=1S/C20H17ClO2S/c21-19-12-6-4-8-16(19)14-24(22)15-17-9-5-7-13-20(17)23-18-10-2-1-3-11-18/h1-13H,14-15H2. The highest BCUT2D eigenvalue weighted by molar-refractivity contribution is 7.83. The Morgan fingerprint density at radius 1 is 0.750 bits per heavy atom. The molecule has 3 aromatic rings. The molecular formula is C20H17ClO2S. The predicted molar refractivity (Wildman–Crippen MR) is 100.0 cm³/mol. The van der Waals surface area contributed by atoms with Gasteiger partial charge in [-0.25, -0.2) is 0 Å². The van der Waals surface area contributed by atoms with Crippen LogP contribution in [0.3, 0.4) is 0 Å². The Bertz CT molecular complexity index is 834. The molecule has 0 amide bonds. The molecule has 0 spiro atoms. The topological polar surface area (TPSA) is 26.3 Å². The van der Waals surface area contributed by atoms with E-state index in [9.17, 15) is 4.21 Å². The van der Waals surface area contributed by atoms with Crippen molar-refractivity contribution in [3.63, 3.8) is 0 Å². The first-order valence-corrected chi connectivity index (χ1v) is 9.48. The summed E-state index contributed by atoms with van der Waals surface area (Å²) in [5.41, 5.74) is 1.82. The number of hydrogen-bond donors (Lipinski definition) is 0. The van der Waals surface area contributed by atoms with Gasteiger partial charge in [0.2, 0.25) is 0 Å². The van der Waals surface area contributed by atoms with E-state index in [1.54, 1.807) is 0 Å². The Morgan fingerprint density at radius 3 is 2.08 bits per heavy atom. The molecule has 0 heterocycles. The zero-order valence-electron chi connectivity index (χ0n) is 13.0.